The molecule has 2 saturated heterocycles. The third-order valence-corrected chi connectivity index (χ3v) is 4.18. The van der Waals surface area contributed by atoms with Crippen molar-refractivity contribution in [3.8, 4) is 11.6 Å². The highest BCUT2D eigenvalue weighted by atomic mass is 35.5. The lowest BCUT2D eigenvalue weighted by Crippen LogP contribution is -2.35. The number of fused-ring (bicyclic) bond motifs is 2. The van der Waals surface area contributed by atoms with Crippen molar-refractivity contribution in [3.63, 3.8) is 0 Å². The van der Waals surface area contributed by atoms with Crippen LogP contribution in [0.2, 0.25) is 0 Å². The summed E-state index contributed by atoms with van der Waals surface area (Å²) < 4.78 is 10.6. The fourth-order valence-electron chi connectivity index (χ4n) is 3.18. The predicted octanol–water partition coefficient (Wildman–Crippen LogP) is 2.08. The summed E-state index contributed by atoms with van der Waals surface area (Å²) in [7, 11) is 0. The van der Waals surface area contributed by atoms with Crippen LogP contribution in [-0.2, 0) is 6.54 Å². The largest absolute Gasteiger partial charge is 0.461 e. The molecule has 2 atom stereocenters. The van der Waals surface area contributed by atoms with Crippen molar-refractivity contribution in [2.75, 3.05) is 13.1 Å². The maximum atomic E-state index is 5.33. The first-order valence-electron chi connectivity index (χ1n) is 7.22. The van der Waals surface area contributed by atoms with Gasteiger partial charge in [0.1, 0.15) is 0 Å². The summed E-state index contributed by atoms with van der Waals surface area (Å²) in [4.78, 5) is 6.80. The number of rotatable bonds is 3. The van der Waals surface area contributed by atoms with Crippen molar-refractivity contribution in [2.45, 2.75) is 37.9 Å². The molecule has 1 N–H and O–H groups in total. The van der Waals surface area contributed by atoms with Gasteiger partial charge in [0.15, 0.2) is 5.76 Å². The second kappa shape index (κ2) is 6.17. The molecule has 2 fully saturated rings. The van der Waals surface area contributed by atoms with E-state index in [1.54, 1.807) is 6.26 Å². The second-order valence-corrected chi connectivity index (χ2v) is 5.65. The number of hydrogen-bond donors (Lipinski definition) is 1. The van der Waals surface area contributed by atoms with Crippen LogP contribution in [0.25, 0.3) is 11.6 Å². The predicted molar refractivity (Wildman–Crippen MR) is 79.1 cm³/mol. The molecule has 0 radical (unpaired) electrons. The normalized spacial score (nSPS) is 25.5. The molecule has 0 aromatic carbocycles. The average molecular weight is 311 g/mol. The molecule has 4 heterocycles. The highest BCUT2D eigenvalue weighted by molar-refractivity contribution is 5.85. The first-order chi connectivity index (χ1) is 9.87. The Hall–Kier alpha value is -1.37. The SMILES string of the molecule is Cl.c1coc(-c2noc(CN3CCC4CCC(C3)N4)n2)c1. The molecule has 7 heteroatoms. The van der Waals surface area contributed by atoms with E-state index < -0.39 is 0 Å². The lowest BCUT2D eigenvalue weighted by molar-refractivity contribution is 0.216. The van der Waals surface area contributed by atoms with Crippen LogP contribution in [0, 0.1) is 0 Å². The van der Waals surface area contributed by atoms with Gasteiger partial charge in [0.05, 0.1) is 12.8 Å². The number of halogens is 1. The fourth-order valence-corrected chi connectivity index (χ4v) is 3.18. The standard InChI is InChI=1S/C14H18N4O2.ClH/c1-2-12(19-7-1)14-16-13(20-17-14)9-18-6-5-10-3-4-11(8-18)15-10;/h1-2,7,10-11,15H,3-6,8-9H2;1H. The summed E-state index contributed by atoms with van der Waals surface area (Å²) in [6, 6.07) is 4.98. The van der Waals surface area contributed by atoms with E-state index in [9.17, 15) is 0 Å². The maximum Gasteiger partial charge on any atom is 0.241 e. The monoisotopic (exact) mass is 310 g/mol. The minimum absolute atomic E-state index is 0. The lowest BCUT2D eigenvalue weighted by Gasteiger charge is -2.21. The van der Waals surface area contributed by atoms with Gasteiger partial charge in [0.25, 0.3) is 0 Å². The number of hydrogen-bond acceptors (Lipinski definition) is 6. The van der Waals surface area contributed by atoms with Crippen molar-refractivity contribution in [1.29, 1.82) is 0 Å². The smallest absolute Gasteiger partial charge is 0.241 e. The van der Waals surface area contributed by atoms with Gasteiger partial charge in [-0.05, 0) is 31.4 Å². The number of nitrogens with zero attached hydrogens (tertiary/aromatic N) is 3. The van der Waals surface area contributed by atoms with E-state index in [0.29, 0.717) is 29.6 Å². The van der Waals surface area contributed by atoms with Crippen molar-refractivity contribution < 1.29 is 8.94 Å². The molecule has 114 valence electrons. The summed E-state index contributed by atoms with van der Waals surface area (Å²) in [6.07, 6.45) is 5.42. The minimum atomic E-state index is 0. The summed E-state index contributed by atoms with van der Waals surface area (Å²) in [5, 5.41) is 7.65. The van der Waals surface area contributed by atoms with Crippen molar-refractivity contribution in [2.24, 2.45) is 0 Å². The number of nitrogens with one attached hydrogen (secondary N) is 1. The molecule has 0 amide bonds. The molecule has 0 aliphatic carbocycles. The Bertz CT molecular complexity index is 571. The molecular formula is C14H19ClN4O2. The van der Waals surface area contributed by atoms with E-state index in [2.05, 4.69) is 20.4 Å². The highest BCUT2D eigenvalue weighted by Gasteiger charge is 2.29. The van der Waals surface area contributed by atoms with E-state index in [1.165, 1.54) is 19.3 Å². The Kier molecular flexibility index (Phi) is 4.28. The average Bonchev–Trinajstić information content (AvgIpc) is 3.13. The van der Waals surface area contributed by atoms with Crippen molar-refractivity contribution in [3.05, 3.63) is 24.3 Å². The van der Waals surface area contributed by atoms with E-state index in [4.69, 9.17) is 8.94 Å². The molecule has 4 rings (SSSR count). The Morgan fingerprint density at radius 2 is 2.19 bits per heavy atom. The Morgan fingerprint density at radius 1 is 1.29 bits per heavy atom. The molecule has 2 aromatic rings. The molecular weight excluding hydrogens is 292 g/mol. The molecule has 2 unspecified atom stereocenters. The molecule has 2 bridgehead atoms. The van der Waals surface area contributed by atoms with Crippen LogP contribution in [0.15, 0.2) is 27.3 Å². The molecule has 2 aromatic heterocycles. The Morgan fingerprint density at radius 3 is 3.05 bits per heavy atom. The van der Waals surface area contributed by atoms with Gasteiger partial charge >= 0.3 is 0 Å². The molecule has 6 nitrogen and oxygen atoms in total. The number of aromatic nitrogens is 2. The van der Waals surface area contributed by atoms with E-state index in [0.717, 1.165) is 19.6 Å². The van der Waals surface area contributed by atoms with E-state index in [-0.39, 0.29) is 12.4 Å². The van der Waals surface area contributed by atoms with Crippen LogP contribution < -0.4 is 5.32 Å². The van der Waals surface area contributed by atoms with Gasteiger partial charge in [-0.3, -0.25) is 4.90 Å². The van der Waals surface area contributed by atoms with Gasteiger partial charge in [-0.2, -0.15) is 4.98 Å². The van der Waals surface area contributed by atoms with Crippen LogP contribution in [0.5, 0.6) is 0 Å². The number of furan rings is 1. The molecule has 2 aliphatic rings. The van der Waals surface area contributed by atoms with Gasteiger partial charge in [-0.15, -0.1) is 12.4 Å². The maximum absolute atomic E-state index is 5.33. The number of likely N-dealkylation sites (tertiary alicyclic amines) is 1. The third kappa shape index (κ3) is 3.12. The lowest BCUT2D eigenvalue weighted by atomic mass is 10.1. The summed E-state index contributed by atoms with van der Waals surface area (Å²) in [5.74, 6) is 1.84. The molecule has 0 spiro atoms. The summed E-state index contributed by atoms with van der Waals surface area (Å²) >= 11 is 0. The highest BCUT2D eigenvalue weighted by Crippen LogP contribution is 2.22. The zero-order valence-electron chi connectivity index (χ0n) is 11.7. The van der Waals surface area contributed by atoms with Crippen LogP contribution in [0.4, 0.5) is 0 Å². The molecule has 21 heavy (non-hydrogen) atoms. The first kappa shape index (κ1) is 14.6. The van der Waals surface area contributed by atoms with Gasteiger partial charge in [-0.25, -0.2) is 0 Å². The van der Waals surface area contributed by atoms with E-state index >= 15 is 0 Å². The zero-order valence-corrected chi connectivity index (χ0v) is 12.5. The first-order valence-corrected chi connectivity index (χ1v) is 7.22. The van der Waals surface area contributed by atoms with Gasteiger partial charge in [0, 0.05) is 25.2 Å². The minimum Gasteiger partial charge on any atom is -0.461 e. The van der Waals surface area contributed by atoms with Crippen LogP contribution in [0.1, 0.15) is 25.2 Å². The van der Waals surface area contributed by atoms with Crippen LogP contribution >= 0.6 is 12.4 Å². The molecule has 0 saturated carbocycles. The van der Waals surface area contributed by atoms with Crippen molar-refractivity contribution in [1.82, 2.24) is 20.4 Å². The topological polar surface area (TPSA) is 67.3 Å². The third-order valence-electron chi connectivity index (χ3n) is 4.18. The Labute approximate surface area is 129 Å². The summed E-state index contributed by atoms with van der Waals surface area (Å²) in [5.41, 5.74) is 0. The van der Waals surface area contributed by atoms with E-state index in [1.807, 2.05) is 12.1 Å². The van der Waals surface area contributed by atoms with Crippen LogP contribution in [0.3, 0.4) is 0 Å². The Balaban J connectivity index is 0.00000132. The van der Waals surface area contributed by atoms with Gasteiger partial charge in [0.2, 0.25) is 11.7 Å². The van der Waals surface area contributed by atoms with Crippen LogP contribution in [-0.4, -0.2) is 40.2 Å². The fraction of sp³-hybridized carbons (Fsp3) is 0.571. The van der Waals surface area contributed by atoms with Gasteiger partial charge in [-0.1, -0.05) is 5.16 Å². The zero-order chi connectivity index (χ0) is 13.4. The summed E-state index contributed by atoms with van der Waals surface area (Å²) in [6.45, 7) is 2.88. The van der Waals surface area contributed by atoms with Crippen molar-refractivity contribution >= 4 is 12.4 Å². The second-order valence-electron chi connectivity index (χ2n) is 5.65. The van der Waals surface area contributed by atoms with Gasteiger partial charge < -0.3 is 14.3 Å². The quantitative estimate of drug-likeness (QED) is 0.936. The molecule has 2 aliphatic heterocycles.